The number of fused-ring (bicyclic) bond motifs is 1. The Balaban J connectivity index is 1.64. The Morgan fingerprint density at radius 1 is 1.29 bits per heavy atom. The molecule has 0 bridgehead atoms. The highest BCUT2D eigenvalue weighted by Crippen LogP contribution is 2.27. The van der Waals surface area contributed by atoms with Crippen LogP contribution in [0.3, 0.4) is 0 Å². The van der Waals surface area contributed by atoms with Crippen LogP contribution in [0.5, 0.6) is 0 Å². The van der Waals surface area contributed by atoms with Gasteiger partial charge in [0.25, 0.3) is 5.91 Å². The fraction of sp³-hybridized carbons (Fsp3) is 0.440. The monoisotopic (exact) mass is 543 g/mol. The standard InChI is InChI=1S/C25H30FN7O4S/c1-25(2,35)23(26)15-29-24(34)19-14-28-21(22-5-4-18-10-16(12-27)13-30-33(18)22)11-20(19)31-17-6-8-32(9-7-17)38(3,36)37/h4-5,10-11,13-14,17,23,35H,6-9,15H2,1-3H3,(H,28,31)(H,29,34). The number of halogens is 1. The van der Waals surface area contributed by atoms with E-state index in [4.69, 9.17) is 5.26 Å². The molecule has 4 heterocycles. The molecule has 1 atom stereocenters. The molecule has 3 aromatic heterocycles. The van der Waals surface area contributed by atoms with Gasteiger partial charge in [0.05, 0.1) is 58.3 Å². The second kappa shape index (κ2) is 10.6. The molecule has 202 valence electrons. The van der Waals surface area contributed by atoms with E-state index in [0.29, 0.717) is 54.1 Å². The summed E-state index contributed by atoms with van der Waals surface area (Å²) in [5, 5.41) is 29.2. The van der Waals surface area contributed by atoms with Gasteiger partial charge in [0, 0.05) is 25.3 Å². The number of carbonyl (C=O) groups excluding carboxylic acids is 1. The molecule has 13 heteroatoms. The molecule has 38 heavy (non-hydrogen) atoms. The number of aromatic nitrogens is 3. The number of hydrogen-bond acceptors (Lipinski definition) is 8. The number of nitrogens with zero attached hydrogens (tertiary/aromatic N) is 5. The van der Waals surface area contributed by atoms with Gasteiger partial charge in [0.15, 0.2) is 0 Å². The number of carbonyl (C=O) groups is 1. The van der Waals surface area contributed by atoms with Gasteiger partial charge in [-0.25, -0.2) is 21.6 Å². The van der Waals surface area contributed by atoms with Gasteiger partial charge < -0.3 is 15.7 Å². The summed E-state index contributed by atoms with van der Waals surface area (Å²) in [4.78, 5) is 17.5. The zero-order valence-electron chi connectivity index (χ0n) is 21.3. The van der Waals surface area contributed by atoms with Crippen molar-refractivity contribution < 1.29 is 22.7 Å². The van der Waals surface area contributed by atoms with E-state index in [9.17, 15) is 22.7 Å². The van der Waals surface area contributed by atoms with Crippen LogP contribution in [0.2, 0.25) is 0 Å². The quantitative estimate of drug-likeness (QED) is 0.390. The van der Waals surface area contributed by atoms with Crippen molar-refractivity contribution in [3.05, 3.63) is 47.8 Å². The van der Waals surface area contributed by atoms with Crippen LogP contribution in [-0.4, -0.2) is 82.0 Å². The molecule has 1 aliphatic heterocycles. The number of anilines is 1. The number of hydrogen-bond donors (Lipinski definition) is 3. The molecular formula is C25H30FN7O4S. The lowest BCUT2D eigenvalue weighted by Crippen LogP contribution is -2.43. The van der Waals surface area contributed by atoms with Crippen LogP contribution in [0.4, 0.5) is 10.1 Å². The lowest BCUT2D eigenvalue weighted by Gasteiger charge is -2.31. The number of sulfonamides is 1. The molecule has 3 aromatic rings. The van der Waals surface area contributed by atoms with E-state index in [-0.39, 0.29) is 18.2 Å². The summed E-state index contributed by atoms with van der Waals surface area (Å²) in [6.07, 6.45) is 3.40. The smallest absolute Gasteiger partial charge is 0.255 e. The third kappa shape index (κ3) is 6.09. The first-order valence-electron chi connectivity index (χ1n) is 12.1. The number of alkyl halides is 1. The van der Waals surface area contributed by atoms with E-state index in [0.717, 1.165) is 0 Å². The maximum absolute atomic E-state index is 14.3. The summed E-state index contributed by atoms with van der Waals surface area (Å²) < 4.78 is 41.1. The molecule has 0 spiro atoms. The highest BCUT2D eigenvalue weighted by molar-refractivity contribution is 7.88. The minimum atomic E-state index is -3.29. The lowest BCUT2D eigenvalue weighted by atomic mass is 10.0. The van der Waals surface area contributed by atoms with Crippen molar-refractivity contribution >= 4 is 27.1 Å². The number of pyridine rings is 1. The van der Waals surface area contributed by atoms with Crippen LogP contribution in [0.1, 0.15) is 42.6 Å². The molecule has 1 amide bonds. The van der Waals surface area contributed by atoms with E-state index in [1.807, 2.05) is 0 Å². The van der Waals surface area contributed by atoms with Gasteiger partial charge in [0.2, 0.25) is 10.0 Å². The Kier molecular flexibility index (Phi) is 7.68. The maximum Gasteiger partial charge on any atom is 0.255 e. The first-order chi connectivity index (χ1) is 17.9. The second-order valence-corrected chi connectivity index (χ2v) is 11.9. The molecule has 1 unspecified atom stereocenters. The van der Waals surface area contributed by atoms with Crippen LogP contribution >= 0.6 is 0 Å². The van der Waals surface area contributed by atoms with Crippen LogP contribution in [0, 0.1) is 11.3 Å². The van der Waals surface area contributed by atoms with E-state index in [1.165, 1.54) is 36.8 Å². The molecule has 0 aromatic carbocycles. The van der Waals surface area contributed by atoms with Gasteiger partial charge >= 0.3 is 0 Å². The first kappa shape index (κ1) is 27.4. The van der Waals surface area contributed by atoms with Gasteiger partial charge in [-0.2, -0.15) is 10.4 Å². The van der Waals surface area contributed by atoms with Crippen molar-refractivity contribution in [2.75, 3.05) is 31.2 Å². The Labute approximate surface area is 220 Å². The number of nitriles is 1. The first-order valence-corrected chi connectivity index (χ1v) is 14.0. The van der Waals surface area contributed by atoms with Gasteiger partial charge in [-0.15, -0.1) is 0 Å². The number of rotatable bonds is 8. The Morgan fingerprint density at radius 3 is 2.63 bits per heavy atom. The van der Waals surface area contributed by atoms with Crippen LogP contribution in [0.25, 0.3) is 16.9 Å². The Morgan fingerprint density at radius 2 is 2.00 bits per heavy atom. The van der Waals surface area contributed by atoms with Gasteiger partial charge in [-0.1, -0.05) is 0 Å². The normalized spacial score (nSPS) is 16.2. The molecule has 0 saturated carbocycles. The Bertz CT molecular complexity index is 1490. The molecule has 1 saturated heterocycles. The fourth-order valence-corrected chi connectivity index (χ4v) is 5.10. The van der Waals surface area contributed by atoms with Crippen molar-refractivity contribution in [3.8, 4) is 17.5 Å². The topological polar surface area (TPSA) is 153 Å². The van der Waals surface area contributed by atoms with Crippen LogP contribution in [-0.2, 0) is 10.0 Å². The molecule has 11 nitrogen and oxygen atoms in total. The van der Waals surface area contributed by atoms with Gasteiger partial charge in [0.1, 0.15) is 12.2 Å². The van der Waals surface area contributed by atoms with E-state index in [1.54, 1.807) is 28.8 Å². The summed E-state index contributed by atoms with van der Waals surface area (Å²) in [5.41, 5.74) is 1.29. The van der Waals surface area contributed by atoms with E-state index >= 15 is 0 Å². The number of aliphatic hydroxyl groups is 1. The van der Waals surface area contributed by atoms with Crippen LogP contribution in [0.15, 0.2) is 36.7 Å². The molecule has 0 aliphatic carbocycles. The minimum Gasteiger partial charge on any atom is -0.387 e. The zero-order chi connectivity index (χ0) is 27.7. The molecule has 4 rings (SSSR count). The van der Waals surface area contributed by atoms with Crippen molar-refractivity contribution in [3.63, 3.8) is 0 Å². The van der Waals surface area contributed by atoms with Crippen molar-refractivity contribution in [2.45, 2.75) is 44.5 Å². The van der Waals surface area contributed by atoms with Crippen LogP contribution < -0.4 is 10.6 Å². The third-order valence-electron chi connectivity index (χ3n) is 6.53. The number of amides is 1. The summed E-state index contributed by atoms with van der Waals surface area (Å²) in [6.45, 7) is 2.96. The maximum atomic E-state index is 14.3. The summed E-state index contributed by atoms with van der Waals surface area (Å²) in [6, 6.07) is 8.94. The van der Waals surface area contributed by atoms with Crippen molar-refractivity contribution in [2.24, 2.45) is 0 Å². The zero-order valence-corrected chi connectivity index (χ0v) is 22.2. The average Bonchev–Trinajstić information content (AvgIpc) is 3.29. The lowest BCUT2D eigenvalue weighted by molar-refractivity contribution is -0.00177. The highest BCUT2D eigenvalue weighted by atomic mass is 32.2. The Hall–Kier alpha value is -3.60. The SMILES string of the molecule is CC(C)(O)C(F)CNC(=O)c1cnc(-c2ccc3cc(C#N)cnn23)cc1NC1CCN(S(C)(=O)=O)CC1. The third-order valence-corrected chi connectivity index (χ3v) is 7.83. The van der Waals surface area contributed by atoms with Crippen molar-refractivity contribution in [1.82, 2.24) is 24.2 Å². The predicted molar refractivity (Wildman–Crippen MR) is 140 cm³/mol. The summed E-state index contributed by atoms with van der Waals surface area (Å²) >= 11 is 0. The van der Waals surface area contributed by atoms with Gasteiger partial charge in [-0.3, -0.25) is 9.78 Å². The highest BCUT2D eigenvalue weighted by Gasteiger charge is 2.29. The van der Waals surface area contributed by atoms with E-state index in [2.05, 4.69) is 26.8 Å². The van der Waals surface area contributed by atoms with Crippen molar-refractivity contribution in [1.29, 1.82) is 5.26 Å². The van der Waals surface area contributed by atoms with E-state index < -0.39 is 27.7 Å². The molecule has 1 aliphatic rings. The molecule has 3 N–H and O–H groups in total. The van der Waals surface area contributed by atoms with Gasteiger partial charge in [-0.05, 0) is 51.0 Å². The number of nitrogens with one attached hydrogen (secondary N) is 2. The summed E-state index contributed by atoms with van der Waals surface area (Å²) in [5.74, 6) is -0.566. The molecule has 1 fully saturated rings. The fourth-order valence-electron chi connectivity index (χ4n) is 4.23. The minimum absolute atomic E-state index is 0.111. The molecular weight excluding hydrogens is 513 g/mol. The predicted octanol–water partition coefficient (Wildman–Crippen LogP) is 1.94. The molecule has 0 radical (unpaired) electrons. The largest absolute Gasteiger partial charge is 0.387 e. The average molecular weight is 544 g/mol. The second-order valence-electron chi connectivity index (χ2n) is 9.94. The number of piperidine rings is 1. The summed E-state index contributed by atoms with van der Waals surface area (Å²) in [7, 11) is -3.29.